The van der Waals surface area contributed by atoms with Crippen molar-refractivity contribution in [3.8, 4) is 11.1 Å². The summed E-state index contributed by atoms with van der Waals surface area (Å²) in [5.41, 5.74) is 4.13. The third-order valence-corrected chi connectivity index (χ3v) is 9.92. The first-order valence-electron chi connectivity index (χ1n) is 17.0. The number of likely N-dealkylation sites (tertiary alicyclic amines) is 1. The molecule has 252 valence electrons. The number of aliphatic hydroxyl groups is 1. The minimum Gasteiger partial charge on any atom is -0.453 e. The lowest BCUT2D eigenvalue weighted by molar-refractivity contribution is -0.0563. The molecule has 9 heteroatoms. The van der Waals surface area contributed by atoms with Gasteiger partial charge in [0.1, 0.15) is 0 Å². The Labute approximate surface area is 283 Å². The number of rotatable bonds is 13. The average Bonchev–Trinajstić information content (AvgIpc) is 3.63. The van der Waals surface area contributed by atoms with Crippen LogP contribution < -0.4 is 10.6 Å². The molecular formula is C38H48ClN3O5. The molecule has 0 aromatic heterocycles. The number of alkyl carbamates (subject to hydrolysis) is 1. The highest BCUT2D eigenvalue weighted by molar-refractivity contribution is 6.33. The Morgan fingerprint density at radius 2 is 1.87 bits per heavy atom. The Kier molecular flexibility index (Phi) is 12.3. The molecule has 3 aromatic rings. The van der Waals surface area contributed by atoms with Gasteiger partial charge in [-0.15, -0.1) is 0 Å². The van der Waals surface area contributed by atoms with E-state index >= 15 is 0 Å². The highest BCUT2D eigenvalue weighted by atomic mass is 35.5. The van der Waals surface area contributed by atoms with Gasteiger partial charge in [0.05, 0.1) is 18.8 Å². The summed E-state index contributed by atoms with van der Waals surface area (Å²) in [6.07, 6.45) is 5.29. The molecule has 5 rings (SSSR count). The van der Waals surface area contributed by atoms with Crippen LogP contribution in [0, 0.1) is 5.92 Å². The number of aryl methyl sites for hydroxylation is 1. The summed E-state index contributed by atoms with van der Waals surface area (Å²) in [6.45, 7) is 5.89. The molecule has 2 aliphatic rings. The van der Waals surface area contributed by atoms with Gasteiger partial charge in [-0.25, -0.2) is 4.79 Å². The number of nitrogens with one attached hydrogen (secondary N) is 2. The summed E-state index contributed by atoms with van der Waals surface area (Å²) in [6, 6.07) is 21.8. The Balaban J connectivity index is 1.36. The number of hydrogen-bond donors (Lipinski definition) is 3. The van der Waals surface area contributed by atoms with Gasteiger partial charge in [-0.1, -0.05) is 67.1 Å². The average molecular weight is 662 g/mol. The standard InChI is InChI=1S/C38H48ClN3O5/c1-3-27-9-4-10-30(23-27)35-33(13-5-14-34(35)39)38(45,19-8-20-41-37(44)46-2)31-11-6-21-42(26-31)36(43)29-17-15-28(16-18-29)24-40-25-32-12-7-22-47-32/h4-5,9-10,13-18,23,31-32,40,45H,3,6-8,11-12,19-22,24-26H2,1-2H3,(H,41,44). The lowest BCUT2D eigenvalue weighted by Gasteiger charge is -2.44. The van der Waals surface area contributed by atoms with Gasteiger partial charge >= 0.3 is 6.09 Å². The number of ether oxygens (including phenoxy) is 2. The van der Waals surface area contributed by atoms with Gasteiger partial charge in [0.2, 0.25) is 0 Å². The van der Waals surface area contributed by atoms with Crippen LogP contribution in [0.1, 0.15) is 72.5 Å². The summed E-state index contributed by atoms with van der Waals surface area (Å²) < 4.78 is 10.4. The normalized spacial score (nSPS) is 19.3. The molecule has 2 aliphatic heterocycles. The summed E-state index contributed by atoms with van der Waals surface area (Å²) in [4.78, 5) is 27.5. The van der Waals surface area contributed by atoms with E-state index in [1.54, 1.807) is 0 Å². The quantitative estimate of drug-likeness (QED) is 0.176. The third-order valence-electron chi connectivity index (χ3n) is 9.60. The van der Waals surface area contributed by atoms with Crippen molar-refractivity contribution in [2.45, 2.75) is 70.1 Å². The topological polar surface area (TPSA) is 100 Å². The van der Waals surface area contributed by atoms with E-state index in [0.29, 0.717) is 43.1 Å². The number of nitrogens with zero attached hydrogens (tertiary/aromatic N) is 1. The molecule has 2 amide bonds. The van der Waals surface area contributed by atoms with Crippen LogP contribution >= 0.6 is 11.6 Å². The number of methoxy groups -OCH3 is 1. The van der Waals surface area contributed by atoms with E-state index in [1.807, 2.05) is 59.5 Å². The zero-order chi connectivity index (χ0) is 33.2. The number of halogens is 1. The van der Waals surface area contributed by atoms with Crippen LogP contribution in [0.5, 0.6) is 0 Å². The summed E-state index contributed by atoms with van der Waals surface area (Å²) in [5.74, 6) is -0.281. The summed E-state index contributed by atoms with van der Waals surface area (Å²) in [5, 5.41) is 19.6. The number of benzene rings is 3. The molecule has 3 aromatic carbocycles. The van der Waals surface area contributed by atoms with Gasteiger partial charge in [-0.2, -0.15) is 0 Å². The van der Waals surface area contributed by atoms with Gasteiger partial charge in [0, 0.05) is 61.4 Å². The molecule has 0 saturated carbocycles. The van der Waals surface area contributed by atoms with Crippen molar-refractivity contribution in [1.82, 2.24) is 15.5 Å². The maximum atomic E-state index is 13.8. The Morgan fingerprint density at radius 3 is 2.62 bits per heavy atom. The van der Waals surface area contributed by atoms with E-state index in [2.05, 4.69) is 29.7 Å². The minimum absolute atomic E-state index is 0.0368. The third kappa shape index (κ3) is 8.73. The molecule has 3 N–H and O–H groups in total. The molecule has 3 unspecified atom stereocenters. The molecule has 2 fully saturated rings. The number of carbonyl (C=O) groups is 2. The van der Waals surface area contributed by atoms with Crippen LogP contribution in [0.15, 0.2) is 66.7 Å². The van der Waals surface area contributed by atoms with Crippen LogP contribution in [0.2, 0.25) is 5.02 Å². The molecule has 8 nitrogen and oxygen atoms in total. The Bertz CT molecular complexity index is 1490. The second-order valence-electron chi connectivity index (χ2n) is 12.7. The number of piperidine rings is 1. The van der Waals surface area contributed by atoms with Crippen molar-refractivity contribution in [2.75, 3.05) is 39.9 Å². The molecule has 0 aliphatic carbocycles. The minimum atomic E-state index is -1.31. The first-order chi connectivity index (χ1) is 22.8. The van der Waals surface area contributed by atoms with Crippen molar-refractivity contribution in [2.24, 2.45) is 5.92 Å². The maximum absolute atomic E-state index is 13.8. The van der Waals surface area contributed by atoms with Gasteiger partial charge in [-0.3, -0.25) is 4.79 Å². The largest absolute Gasteiger partial charge is 0.453 e. The van der Waals surface area contributed by atoms with E-state index in [9.17, 15) is 14.7 Å². The van der Waals surface area contributed by atoms with Crippen LogP contribution in [0.4, 0.5) is 4.79 Å². The number of amides is 2. The Morgan fingerprint density at radius 1 is 1.06 bits per heavy atom. The Hall–Kier alpha value is -3.43. The zero-order valence-corrected chi connectivity index (χ0v) is 28.4. The second kappa shape index (κ2) is 16.6. The highest BCUT2D eigenvalue weighted by Gasteiger charge is 2.43. The SMILES string of the molecule is CCc1cccc(-c2c(Cl)cccc2C(O)(CCCNC(=O)OC)C2CCCN(C(=O)c3ccc(CNCC4CCCO4)cc3)C2)c1. The number of hydrogen-bond acceptors (Lipinski definition) is 6. The predicted octanol–water partition coefficient (Wildman–Crippen LogP) is 6.71. The summed E-state index contributed by atoms with van der Waals surface area (Å²) in [7, 11) is 1.33. The first kappa shape index (κ1) is 34.9. The van der Waals surface area contributed by atoms with E-state index < -0.39 is 11.7 Å². The second-order valence-corrected chi connectivity index (χ2v) is 13.1. The fraction of sp³-hybridized carbons (Fsp3) is 0.474. The van der Waals surface area contributed by atoms with E-state index in [4.69, 9.17) is 21.1 Å². The van der Waals surface area contributed by atoms with Crippen LogP contribution in [0.3, 0.4) is 0 Å². The van der Waals surface area contributed by atoms with Gasteiger partial charge in [0.15, 0.2) is 0 Å². The van der Waals surface area contributed by atoms with E-state index in [-0.39, 0.29) is 17.9 Å². The molecule has 0 radical (unpaired) electrons. The maximum Gasteiger partial charge on any atom is 0.406 e. The molecule has 0 bridgehead atoms. The van der Waals surface area contributed by atoms with E-state index in [0.717, 1.165) is 74.1 Å². The van der Waals surface area contributed by atoms with Gasteiger partial charge in [-0.05, 0) is 85.4 Å². The van der Waals surface area contributed by atoms with Crippen LogP contribution in [-0.4, -0.2) is 68.0 Å². The van der Waals surface area contributed by atoms with Gasteiger partial charge in [0.25, 0.3) is 5.91 Å². The molecule has 2 saturated heterocycles. The fourth-order valence-corrected chi connectivity index (χ4v) is 7.27. The highest BCUT2D eigenvalue weighted by Crippen LogP contribution is 2.45. The smallest absolute Gasteiger partial charge is 0.406 e. The monoisotopic (exact) mass is 661 g/mol. The molecule has 0 spiro atoms. The number of carbonyl (C=O) groups excluding carboxylic acids is 2. The molecule has 47 heavy (non-hydrogen) atoms. The lowest BCUT2D eigenvalue weighted by atomic mass is 9.72. The predicted molar refractivity (Wildman–Crippen MR) is 186 cm³/mol. The molecule has 3 atom stereocenters. The van der Waals surface area contributed by atoms with Crippen molar-refractivity contribution < 1.29 is 24.2 Å². The van der Waals surface area contributed by atoms with Crippen LogP contribution in [-0.2, 0) is 28.0 Å². The van der Waals surface area contributed by atoms with E-state index in [1.165, 1.54) is 12.7 Å². The molecular weight excluding hydrogens is 614 g/mol. The summed E-state index contributed by atoms with van der Waals surface area (Å²) >= 11 is 6.90. The lowest BCUT2D eigenvalue weighted by Crippen LogP contribution is -2.48. The van der Waals surface area contributed by atoms with Crippen molar-refractivity contribution in [3.05, 3.63) is 94.0 Å². The molecule has 2 heterocycles. The van der Waals surface area contributed by atoms with Gasteiger partial charge < -0.3 is 30.1 Å². The van der Waals surface area contributed by atoms with Crippen molar-refractivity contribution >= 4 is 23.6 Å². The zero-order valence-electron chi connectivity index (χ0n) is 27.6. The fourth-order valence-electron chi connectivity index (χ4n) is 6.99. The van der Waals surface area contributed by atoms with Crippen molar-refractivity contribution in [1.29, 1.82) is 0 Å². The van der Waals surface area contributed by atoms with Crippen molar-refractivity contribution in [3.63, 3.8) is 0 Å². The van der Waals surface area contributed by atoms with Crippen LogP contribution in [0.25, 0.3) is 11.1 Å². The first-order valence-corrected chi connectivity index (χ1v) is 17.3.